The van der Waals surface area contributed by atoms with Crippen LogP contribution in [0.5, 0.6) is 0 Å². The van der Waals surface area contributed by atoms with E-state index < -0.39 is 0 Å². The molecule has 0 bridgehead atoms. The summed E-state index contributed by atoms with van der Waals surface area (Å²) in [6.07, 6.45) is 0. The van der Waals surface area contributed by atoms with Gasteiger partial charge >= 0.3 is 0 Å². The molecule has 2 aromatic rings. The SMILES string of the molecule is CC(C)c1cccc(N2CCN(c3cccc(C(C)C)c3C(C)C)C2)c1C(C)C. The smallest absolute Gasteiger partial charge is 0.0904 e. The van der Waals surface area contributed by atoms with Crippen LogP contribution in [-0.2, 0) is 0 Å². The van der Waals surface area contributed by atoms with Crippen LogP contribution in [0.25, 0.3) is 0 Å². The Bertz CT molecular complexity index is 763. The summed E-state index contributed by atoms with van der Waals surface area (Å²) in [5.74, 6) is 2.18. The molecule has 29 heavy (non-hydrogen) atoms. The number of hydrogen-bond acceptors (Lipinski definition) is 2. The minimum Gasteiger partial charge on any atom is -0.352 e. The molecule has 1 saturated heterocycles. The van der Waals surface area contributed by atoms with Crippen molar-refractivity contribution in [3.8, 4) is 0 Å². The Morgan fingerprint density at radius 1 is 0.552 bits per heavy atom. The van der Waals surface area contributed by atoms with E-state index in [-0.39, 0.29) is 0 Å². The first-order valence-electron chi connectivity index (χ1n) is 11.5. The van der Waals surface area contributed by atoms with Gasteiger partial charge in [0.05, 0.1) is 6.67 Å². The molecule has 2 heteroatoms. The lowest BCUT2D eigenvalue weighted by molar-refractivity contribution is 0.776. The summed E-state index contributed by atoms with van der Waals surface area (Å²) in [5.41, 5.74) is 8.93. The summed E-state index contributed by atoms with van der Waals surface area (Å²) < 4.78 is 0. The van der Waals surface area contributed by atoms with Gasteiger partial charge in [0.2, 0.25) is 0 Å². The van der Waals surface area contributed by atoms with Crippen molar-refractivity contribution in [2.45, 2.75) is 79.1 Å². The van der Waals surface area contributed by atoms with Gasteiger partial charge in [0.1, 0.15) is 0 Å². The third-order valence-electron chi connectivity index (χ3n) is 6.30. The van der Waals surface area contributed by atoms with E-state index in [9.17, 15) is 0 Å². The molecule has 0 atom stereocenters. The van der Waals surface area contributed by atoms with Gasteiger partial charge in [-0.25, -0.2) is 0 Å². The van der Waals surface area contributed by atoms with Gasteiger partial charge in [-0.3, -0.25) is 0 Å². The molecule has 1 fully saturated rings. The highest BCUT2D eigenvalue weighted by Crippen LogP contribution is 2.39. The maximum atomic E-state index is 2.59. The Hall–Kier alpha value is -1.96. The van der Waals surface area contributed by atoms with Gasteiger partial charge in [-0.05, 0) is 58.1 Å². The van der Waals surface area contributed by atoms with Gasteiger partial charge in [-0.1, -0.05) is 79.7 Å². The highest BCUT2D eigenvalue weighted by molar-refractivity contribution is 5.65. The van der Waals surface area contributed by atoms with E-state index in [0.717, 1.165) is 19.8 Å². The lowest BCUT2D eigenvalue weighted by Gasteiger charge is -2.29. The Labute approximate surface area is 178 Å². The number of rotatable bonds is 6. The average Bonchev–Trinajstić information content (AvgIpc) is 3.16. The molecule has 2 nitrogen and oxygen atoms in total. The average molecular weight is 393 g/mol. The Morgan fingerprint density at radius 3 is 1.24 bits per heavy atom. The lowest BCUT2D eigenvalue weighted by atomic mass is 9.88. The fraction of sp³-hybridized carbons (Fsp3) is 0.556. The summed E-state index contributed by atoms with van der Waals surface area (Å²) in [4.78, 5) is 5.18. The van der Waals surface area contributed by atoms with Gasteiger partial charge in [-0.2, -0.15) is 0 Å². The third kappa shape index (κ3) is 4.32. The van der Waals surface area contributed by atoms with Crippen LogP contribution >= 0.6 is 0 Å². The molecular weight excluding hydrogens is 352 g/mol. The van der Waals surface area contributed by atoms with Gasteiger partial charge in [0.15, 0.2) is 0 Å². The van der Waals surface area contributed by atoms with Crippen LogP contribution in [0.1, 0.15) is 101 Å². The van der Waals surface area contributed by atoms with Crippen LogP contribution in [0.3, 0.4) is 0 Å². The van der Waals surface area contributed by atoms with Crippen molar-refractivity contribution in [3.63, 3.8) is 0 Å². The maximum Gasteiger partial charge on any atom is 0.0904 e. The zero-order valence-electron chi connectivity index (χ0n) is 19.8. The zero-order chi connectivity index (χ0) is 21.3. The molecular formula is C27H40N2. The molecule has 0 N–H and O–H groups in total. The van der Waals surface area contributed by atoms with E-state index in [1.54, 1.807) is 0 Å². The molecule has 0 aromatic heterocycles. The summed E-state index contributed by atoms with van der Waals surface area (Å²) in [6.45, 7) is 21.7. The number of nitrogens with zero attached hydrogens (tertiary/aromatic N) is 2. The predicted molar refractivity (Wildman–Crippen MR) is 129 cm³/mol. The standard InChI is InChI=1S/C27H40N2/c1-18(2)22-11-9-13-24(26(22)20(5)6)28-15-16-29(17-28)25-14-10-12-23(19(3)4)27(25)21(7)8/h9-14,18-21H,15-17H2,1-8H3. The Kier molecular flexibility index (Phi) is 6.61. The first kappa shape index (κ1) is 21.7. The van der Waals surface area contributed by atoms with Gasteiger partial charge in [-0.15, -0.1) is 0 Å². The number of benzene rings is 2. The van der Waals surface area contributed by atoms with E-state index >= 15 is 0 Å². The molecule has 3 rings (SSSR count). The molecule has 1 aliphatic heterocycles. The molecule has 0 saturated carbocycles. The molecule has 1 aliphatic rings. The van der Waals surface area contributed by atoms with Crippen LogP contribution < -0.4 is 9.80 Å². The fourth-order valence-electron chi connectivity index (χ4n) is 4.94. The van der Waals surface area contributed by atoms with Crippen LogP contribution in [0.4, 0.5) is 11.4 Å². The highest BCUT2D eigenvalue weighted by Gasteiger charge is 2.27. The van der Waals surface area contributed by atoms with Crippen LogP contribution in [0.2, 0.25) is 0 Å². The summed E-state index contributed by atoms with van der Waals surface area (Å²) in [7, 11) is 0. The van der Waals surface area contributed by atoms with E-state index in [1.807, 2.05) is 0 Å². The summed E-state index contributed by atoms with van der Waals surface area (Å²) in [5, 5.41) is 0. The van der Waals surface area contributed by atoms with Gasteiger partial charge < -0.3 is 9.80 Å². The van der Waals surface area contributed by atoms with Crippen molar-refractivity contribution in [2.75, 3.05) is 29.6 Å². The minimum absolute atomic E-state index is 0.535. The normalized spacial score (nSPS) is 14.9. The van der Waals surface area contributed by atoms with Crippen molar-refractivity contribution in [1.29, 1.82) is 0 Å². The quantitative estimate of drug-likeness (QED) is 0.503. The minimum atomic E-state index is 0.535. The second kappa shape index (κ2) is 8.81. The van der Waals surface area contributed by atoms with Crippen molar-refractivity contribution >= 4 is 11.4 Å². The first-order chi connectivity index (χ1) is 13.7. The van der Waals surface area contributed by atoms with Gasteiger partial charge in [0.25, 0.3) is 0 Å². The number of hydrogen-bond donors (Lipinski definition) is 0. The Morgan fingerprint density at radius 2 is 0.931 bits per heavy atom. The van der Waals surface area contributed by atoms with Crippen LogP contribution in [0, 0.1) is 0 Å². The lowest BCUT2D eigenvalue weighted by Crippen LogP contribution is -2.27. The third-order valence-corrected chi connectivity index (χ3v) is 6.30. The van der Waals surface area contributed by atoms with E-state index in [1.165, 1.54) is 33.6 Å². The second-order valence-corrected chi connectivity index (χ2v) is 9.85. The van der Waals surface area contributed by atoms with E-state index in [0.29, 0.717) is 23.7 Å². The molecule has 158 valence electrons. The maximum absolute atomic E-state index is 2.59. The van der Waals surface area contributed by atoms with Gasteiger partial charge in [0, 0.05) is 24.5 Å². The van der Waals surface area contributed by atoms with E-state index in [4.69, 9.17) is 0 Å². The molecule has 0 radical (unpaired) electrons. The number of anilines is 2. The topological polar surface area (TPSA) is 6.48 Å². The summed E-state index contributed by atoms with van der Waals surface area (Å²) >= 11 is 0. The molecule has 0 amide bonds. The first-order valence-corrected chi connectivity index (χ1v) is 11.5. The molecule has 0 spiro atoms. The second-order valence-electron chi connectivity index (χ2n) is 9.85. The fourth-order valence-corrected chi connectivity index (χ4v) is 4.94. The van der Waals surface area contributed by atoms with Crippen LogP contribution in [-0.4, -0.2) is 19.8 Å². The van der Waals surface area contributed by atoms with Crippen molar-refractivity contribution in [2.24, 2.45) is 0 Å². The molecule has 0 unspecified atom stereocenters. The highest BCUT2D eigenvalue weighted by atomic mass is 15.4. The van der Waals surface area contributed by atoms with E-state index in [2.05, 4.69) is 102 Å². The zero-order valence-corrected chi connectivity index (χ0v) is 19.8. The largest absolute Gasteiger partial charge is 0.352 e. The predicted octanol–water partition coefficient (Wildman–Crippen LogP) is 7.46. The van der Waals surface area contributed by atoms with Crippen LogP contribution in [0.15, 0.2) is 36.4 Å². The van der Waals surface area contributed by atoms with Crippen molar-refractivity contribution in [1.82, 2.24) is 0 Å². The summed E-state index contributed by atoms with van der Waals surface area (Å²) in [6, 6.07) is 13.8. The molecule has 0 aliphatic carbocycles. The monoisotopic (exact) mass is 392 g/mol. The Balaban J connectivity index is 1.97. The van der Waals surface area contributed by atoms with Crippen molar-refractivity contribution in [3.05, 3.63) is 58.7 Å². The molecule has 1 heterocycles. The molecule has 2 aromatic carbocycles. The van der Waals surface area contributed by atoms with Crippen molar-refractivity contribution < 1.29 is 0 Å².